The molecular weight excluding hydrogens is 564 g/mol. The Morgan fingerprint density at radius 3 is 2.56 bits per heavy atom. The van der Waals surface area contributed by atoms with E-state index in [4.69, 9.17) is 9.26 Å². The van der Waals surface area contributed by atoms with Crippen LogP contribution < -0.4 is 10.1 Å². The SMILES string of the molecule is CCNC(=O)c1noc(-c2cc(C(C)C)c(C)cc2OCc2ccccc2)c1-c1ccc2c(c1)CCN(C(=O)CCN(C)C)C2. The average molecular weight is 609 g/mol. The molecule has 0 saturated heterocycles. The molecule has 8 nitrogen and oxygen atoms in total. The highest BCUT2D eigenvalue weighted by atomic mass is 16.5. The molecule has 2 amide bonds. The van der Waals surface area contributed by atoms with Crippen LogP contribution in [0.5, 0.6) is 5.75 Å². The van der Waals surface area contributed by atoms with Gasteiger partial charge in [-0.1, -0.05) is 67.5 Å². The fourth-order valence-electron chi connectivity index (χ4n) is 5.89. The van der Waals surface area contributed by atoms with Crippen LogP contribution in [0.15, 0.2) is 65.2 Å². The summed E-state index contributed by atoms with van der Waals surface area (Å²) < 4.78 is 12.5. The van der Waals surface area contributed by atoms with Gasteiger partial charge in [0.05, 0.1) is 11.1 Å². The molecule has 1 aliphatic rings. The lowest BCUT2D eigenvalue weighted by atomic mass is 9.90. The zero-order valence-electron chi connectivity index (χ0n) is 27.3. The highest BCUT2D eigenvalue weighted by Crippen LogP contribution is 2.43. The van der Waals surface area contributed by atoms with E-state index >= 15 is 0 Å². The summed E-state index contributed by atoms with van der Waals surface area (Å²) in [5, 5.41) is 7.22. The van der Waals surface area contributed by atoms with Crippen LogP contribution >= 0.6 is 0 Å². The first-order chi connectivity index (χ1) is 21.7. The Kier molecular flexibility index (Phi) is 10.0. The molecule has 1 N–H and O–H groups in total. The van der Waals surface area contributed by atoms with Crippen LogP contribution in [-0.4, -0.2) is 60.5 Å². The minimum absolute atomic E-state index is 0.168. The van der Waals surface area contributed by atoms with Crippen LogP contribution in [0.25, 0.3) is 22.5 Å². The number of rotatable bonds is 11. The number of aryl methyl sites for hydroxylation is 1. The summed E-state index contributed by atoms with van der Waals surface area (Å²) in [5.74, 6) is 1.32. The Bertz CT molecular complexity index is 1660. The van der Waals surface area contributed by atoms with Crippen LogP contribution in [0.3, 0.4) is 0 Å². The molecule has 0 spiro atoms. The predicted molar refractivity (Wildman–Crippen MR) is 177 cm³/mol. The lowest BCUT2D eigenvalue weighted by Gasteiger charge is -2.29. The number of nitrogens with zero attached hydrogens (tertiary/aromatic N) is 3. The number of carbonyl (C=O) groups is 2. The fourth-order valence-corrected chi connectivity index (χ4v) is 5.89. The van der Waals surface area contributed by atoms with E-state index in [2.05, 4.69) is 55.5 Å². The number of amides is 2. The van der Waals surface area contributed by atoms with E-state index in [0.717, 1.165) is 46.3 Å². The normalized spacial score (nSPS) is 12.8. The molecule has 0 fully saturated rings. The van der Waals surface area contributed by atoms with Crippen molar-refractivity contribution in [2.75, 3.05) is 33.7 Å². The van der Waals surface area contributed by atoms with E-state index in [0.29, 0.717) is 49.7 Å². The Morgan fingerprint density at radius 2 is 1.84 bits per heavy atom. The minimum Gasteiger partial charge on any atom is -0.488 e. The molecule has 0 radical (unpaired) electrons. The third-order valence-electron chi connectivity index (χ3n) is 8.35. The second-order valence-electron chi connectivity index (χ2n) is 12.3. The molecule has 45 heavy (non-hydrogen) atoms. The summed E-state index contributed by atoms with van der Waals surface area (Å²) in [4.78, 5) is 30.1. The second-order valence-corrected chi connectivity index (χ2v) is 12.3. The molecular formula is C37H44N4O4. The average Bonchev–Trinajstić information content (AvgIpc) is 3.47. The molecule has 5 rings (SSSR count). The highest BCUT2D eigenvalue weighted by Gasteiger charge is 2.29. The van der Waals surface area contributed by atoms with Gasteiger partial charge in [0.2, 0.25) is 5.91 Å². The van der Waals surface area contributed by atoms with Gasteiger partial charge in [-0.15, -0.1) is 0 Å². The zero-order chi connectivity index (χ0) is 32.1. The maximum Gasteiger partial charge on any atom is 0.274 e. The summed E-state index contributed by atoms with van der Waals surface area (Å²) in [7, 11) is 3.96. The van der Waals surface area contributed by atoms with Crippen molar-refractivity contribution < 1.29 is 18.8 Å². The maximum atomic E-state index is 13.3. The summed E-state index contributed by atoms with van der Waals surface area (Å²) in [5.41, 5.74) is 8.10. The van der Waals surface area contributed by atoms with Gasteiger partial charge in [-0.25, -0.2) is 0 Å². The van der Waals surface area contributed by atoms with Crippen molar-refractivity contribution in [1.29, 1.82) is 0 Å². The molecule has 2 heterocycles. The monoisotopic (exact) mass is 608 g/mol. The van der Waals surface area contributed by atoms with Crippen molar-refractivity contribution in [3.05, 3.63) is 94.2 Å². The van der Waals surface area contributed by atoms with Gasteiger partial charge >= 0.3 is 0 Å². The van der Waals surface area contributed by atoms with Crippen LogP contribution in [0, 0.1) is 6.92 Å². The van der Waals surface area contributed by atoms with Gasteiger partial charge in [0.15, 0.2) is 11.5 Å². The first kappa shape index (κ1) is 32.0. The van der Waals surface area contributed by atoms with Crippen molar-refractivity contribution in [1.82, 2.24) is 20.3 Å². The first-order valence-corrected chi connectivity index (χ1v) is 15.8. The predicted octanol–water partition coefficient (Wildman–Crippen LogP) is 6.61. The van der Waals surface area contributed by atoms with Crippen molar-refractivity contribution in [3.8, 4) is 28.2 Å². The van der Waals surface area contributed by atoms with E-state index in [-0.39, 0.29) is 23.4 Å². The fraction of sp³-hybridized carbons (Fsp3) is 0.378. The standard InChI is InChI=1S/C37H44N4O4/c1-7-38-37(43)35-34(28-13-14-29-22-41(18-15-27(29)20-28)33(42)16-17-40(5)6)36(45-39-35)31-21-30(24(2)3)25(4)19-32(31)44-23-26-11-9-8-10-12-26/h8-14,19-21,24H,7,15-18,22-23H2,1-6H3,(H,38,43). The molecule has 0 bridgehead atoms. The van der Waals surface area contributed by atoms with Crippen molar-refractivity contribution in [2.45, 2.75) is 59.6 Å². The number of hydrogen-bond donors (Lipinski definition) is 1. The molecule has 0 unspecified atom stereocenters. The lowest BCUT2D eigenvalue weighted by Crippen LogP contribution is -2.37. The third kappa shape index (κ3) is 7.28. The van der Waals surface area contributed by atoms with Gasteiger partial charge in [0, 0.05) is 32.6 Å². The maximum absolute atomic E-state index is 13.3. The smallest absolute Gasteiger partial charge is 0.274 e. The first-order valence-electron chi connectivity index (χ1n) is 15.8. The molecule has 0 atom stereocenters. The number of carbonyl (C=O) groups excluding carboxylic acids is 2. The van der Waals surface area contributed by atoms with Crippen molar-refractivity contribution >= 4 is 11.8 Å². The Hall–Kier alpha value is -4.43. The largest absolute Gasteiger partial charge is 0.488 e. The third-order valence-corrected chi connectivity index (χ3v) is 8.35. The molecule has 4 aromatic rings. The number of fused-ring (bicyclic) bond motifs is 1. The minimum atomic E-state index is -0.291. The van der Waals surface area contributed by atoms with Crippen molar-refractivity contribution in [2.24, 2.45) is 0 Å². The molecule has 1 aliphatic heterocycles. The molecule has 3 aromatic carbocycles. The number of nitrogens with one attached hydrogen (secondary N) is 1. The van der Waals surface area contributed by atoms with Gasteiger partial charge in [0.1, 0.15) is 12.4 Å². The van der Waals surface area contributed by atoms with E-state index in [1.165, 1.54) is 5.56 Å². The number of ether oxygens (including phenoxy) is 1. The summed E-state index contributed by atoms with van der Waals surface area (Å²) in [6.07, 6.45) is 1.24. The van der Waals surface area contributed by atoms with Crippen LogP contribution in [0.4, 0.5) is 0 Å². The Balaban J connectivity index is 1.57. The van der Waals surface area contributed by atoms with E-state index in [1.807, 2.05) is 67.2 Å². The molecule has 8 heteroatoms. The molecule has 0 aliphatic carbocycles. The molecule has 0 saturated carbocycles. The molecule has 1 aromatic heterocycles. The summed E-state index contributed by atoms with van der Waals surface area (Å²) in [6, 6.07) is 20.4. The lowest BCUT2D eigenvalue weighted by molar-refractivity contribution is -0.132. The van der Waals surface area contributed by atoms with Crippen LogP contribution in [-0.2, 0) is 24.4 Å². The van der Waals surface area contributed by atoms with Crippen LogP contribution in [0.2, 0.25) is 0 Å². The van der Waals surface area contributed by atoms with Crippen LogP contribution in [0.1, 0.15) is 71.4 Å². The van der Waals surface area contributed by atoms with Gasteiger partial charge < -0.3 is 24.4 Å². The highest BCUT2D eigenvalue weighted by molar-refractivity contribution is 6.02. The quantitative estimate of drug-likeness (QED) is 0.206. The Labute approximate surface area is 266 Å². The van der Waals surface area contributed by atoms with Gasteiger partial charge in [-0.05, 0) is 85.8 Å². The van der Waals surface area contributed by atoms with E-state index in [9.17, 15) is 9.59 Å². The van der Waals surface area contributed by atoms with Gasteiger partial charge in [-0.3, -0.25) is 9.59 Å². The summed E-state index contributed by atoms with van der Waals surface area (Å²) in [6.45, 7) is 11.1. The molecule has 236 valence electrons. The zero-order valence-corrected chi connectivity index (χ0v) is 27.3. The number of aromatic nitrogens is 1. The van der Waals surface area contributed by atoms with Gasteiger partial charge in [-0.2, -0.15) is 0 Å². The van der Waals surface area contributed by atoms with E-state index in [1.54, 1.807) is 0 Å². The second kappa shape index (κ2) is 14.1. The Morgan fingerprint density at radius 1 is 1.07 bits per heavy atom. The topological polar surface area (TPSA) is 87.9 Å². The summed E-state index contributed by atoms with van der Waals surface area (Å²) >= 11 is 0. The number of hydrogen-bond acceptors (Lipinski definition) is 6. The van der Waals surface area contributed by atoms with E-state index < -0.39 is 0 Å². The van der Waals surface area contributed by atoms with Crippen molar-refractivity contribution in [3.63, 3.8) is 0 Å². The van der Waals surface area contributed by atoms with Gasteiger partial charge in [0.25, 0.3) is 5.91 Å². The number of benzene rings is 3.